The molecule has 2 amide bonds. The molecule has 1 aliphatic rings. The first kappa shape index (κ1) is 26.2. The van der Waals surface area contributed by atoms with E-state index in [1.165, 1.54) is 12.1 Å². The molecule has 2 aromatic rings. The number of nitrogens with zero attached hydrogens (tertiary/aromatic N) is 3. The molecule has 10 heteroatoms. The minimum Gasteiger partial charge on any atom is -0.355 e. The summed E-state index contributed by atoms with van der Waals surface area (Å²) in [6.45, 7) is 4.49. The smallest absolute Gasteiger partial charge is 0.355 e. The van der Waals surface area contributed by atoms with Crippen molar-refractivity contribution in [1.29, 1.82) is 5.26 Å². The number of rotatable bonds is 7. The number of carbonyl (C=O) groups is 2. The highest BCUT2D eigenvalue weighted by atomic mass is 32.2. The molecule has 0 spiro atoms. The van der Waals surface area contributed by atoms with Gasteiger partial charge in [0.05, 0.1) is 17.6 Å². The van der Waals surface area contributed by atoms with Crippen molar-refractivity contribution in [1.82, 2.24) is 14.5 Å². The third kappa shape index (κ3) is 8.11. The van der Waals surface area contributed by atoms with Crippen molar-refractivity contribution in [2.75, 3.05) is 26.7 Å². The number of hydrogen-bond donors (Lipinski definition) is 1. The second-order valence-electron chi connectivity index (χ2n) is 7.30. The minimum atomic E-state index is -4.31. The summed E-state index contributed by atoms with van der Waals surface area (Å²) in [5.41, 5.74) is 0.657. The van der Waals surface area contributed by atoms with Crippen molar-refractivity contribution in [2.24, 2.45) is 5.92 Å². The average Bonchev–Trinajstić information content (AvgIpc) is 2.79. The summed E-state index contributed by atoms with van der Waals surface area (Å²) in [7, 11) is 1.80. The van der Waals surface area contributed by atoms with Crippen LogP contribution in [0, 0.1) is 17.2 Å². The number of alkyl halides is 3. The van der Waals surface area contributed by atoms with E-state index in [9.17, 15) is 22.8 Å². The van der Waals surface area contributed by atoms with Crippen LogP contribution in [0.15, 0.2) is 53.4 Å². The third-order valence-electron chi connectivity index (χ3n) is 4.84. The summed E-state index contributed by atoms with van der Waals surface area (Å²) < 4.78 is 38.4. The van der Waals surface area contributed by atoms with Gasteiger partial charge in [0.25, 0.3) is 5.91 Å². The lowest BCUT2D eigenvalue weighted by Gasteiger charge is -2.33. The van der Waals surface area contributed by atoms with Crippen LogP contribution in [-0.4, -0.2) is 48.2 Å². The maximum Gasteiger partial charge on any atom is 0.416 e. The Kier molecular flexibility index (Phi) is 9.75. The van der Waals surface area contributed by atoms with Gasteiger partial charge in [0.1, 0.15) is 0 Å². The fraction of sp³-hybridized carbons (Fsp3) is 0.348. The van der Waals surface area contributed by atoms with Crippen LogP contribution in [0.1, 0.15) is 28.4 Å². The third-order valence-corrected chi connectivity index (χ3v) is 5.86. The Hall–Kier alpha value is -3.03. The highest BCUT2D eigenvalue weighted by Crippen LogP contribution is 2.31. The van der Waals surface area contributed by atoms with Crippen LogP contribution >= 0.6 is 11.9 Å². The van der Waals surface area contributed by atoms with Gasteiger partial charge >= 0.3 is 6.18 Å². The normalized spacial score (nSPS) is 13.7. The molecular weight excluding hydrogens is 453 g/mol. The standard InChI is InChI=1S/C14H17N3OS.C9H8F3NO/c1-3-16(2)14(18)12-5-4-6-13(7-12)19-17-9-11(8-15)10-17;10-9(11,12)8-3-1-7(2-4-8)5-13-6-14/h4-7,11H,3,9-10H2,1-2H3;1-4,6H,5H2,(H,13,14). The summed E-state index contributed by atoms with van der Waals surface area (Å²) in [4.78, 5) is 24.7. The van der Waals surface area contributed by atoms with Crippen LogP contribution in [0.4, 0.5) is 13.2 Å². The van der Waals surface area contributed by atoms with Gasteiger partial charge in [-0.25, -0.2) is 4.31 Å². The van der Waals surface area contributed by atoms with E-state index in [2.05, 4.69) is 15.7 Å². The molecule has 1 fully saturated rings. The first-order valence-electron chi connectivity index (χ1n) is 10.2. The summed E-state index contributed by atoms with van der Waals surface area (Å²) >= 11 is 1.61. The fourth-order valence-electron chi connectivity index (χ4n) is 2.76. The Morgan fingerprint density at radius 2 is 1.94 bits per heavy atom. The van der Waals surface area contributed by atoms with Crippen LogP contribution in [0.2, 0.25) is 0 Å². The van der Waals surface area contributed by atoms with E-state index >= 15 is 0 Å². The topological polar surface area (TPSA) is 76.4 Å². The molecule has 1 aliphatic heterocycles. The van der Waals surface area contributed by atoms with Crippen molar-refractivity contribution in [3.8, 4) is 6.07 Å². The Balaban J connectivity index is 0.000000245. The molecule has 33 heavy (non-hydrogen) atoms. The van der Waals surface area contributed by atoms with Gasteiger partial charge in [-0.3, -0.25) is 9.59 Å². The molecule has 1 saturated heterocycles. The molecule has 1 N–H and O–H groups in total. The number of hydrogen-bond acceptors (Lipinski definition) is 5. The van der Waals surface area contributed by atoms with Gasteiger partial charge in [0.2, 0.25) is 6.41 Å². The number of benzene rings is 2. The highest BCUT2D eigenvalue weighted by Gasteiger charge is 2.30. The number of carbonyl (C=O) groups excluding carboxylic acids is 2. The van der Waals surface area contributed by atoms with Crippen LogP contribution in [0.3, 0.4) is 0 Å². The molecule has 0 radical (unpaired) electrons. The molecule has 0 aliphatic carbocycles. The van der Waals surface area contributed by atoms with E-state index in [0.29, 0.717) is 24.1 Å². The highest BCUT2D eigenvalue weighted by molar-refractivity contribution is 7.97. The number of nitriles is 1. The molecule has 0 aromatic heterocycles. The van der Waals surface area contributed by atoms with E-state index in [-0.39, 0.29) is 18.4 Å². The molecule has 2 aromatic carbocycles. The van der Waals surface area contributed by atoms with Crippen LogP contribution in [0.5, 0.6) is 0 Å². The summed E-state index contributed by atoms with van der Waals surface area (Å²) in [5.74, 6) is 0.201. The second-order valence-corrected chi connectivity index (χ2v) is 8.48. The molecule has 0 atom stereocenters. The quantitative estimate of drug-likeness (QED) is 0.477. The number of amides is 2. The Morgan fingerprint density at radius 1 is 1.27 bits per heavy atom. The maximum atomic E-state index is 12.1. The summed E-state index contributed by atoms with van der Waals surface area (Å²) in [6, 6.07) is 14.5. The SMILES string of the molecule is CCN(C)C(=O)c1cccc(SN2CC(C#N)C2)c1.O=CNCc1ccc(C(F)(F)F)cc1. The average molecular weight is 479 g/mol. The Bertz CT molecular complexity index is 971. The van der Waals surface area contributed by atoms with E-state index in [1.807, 2.05) is 31.2 Å². The number of halogens is 3. The predicted octanol–water partition coefficient (Wildman–Crippen LogP) is 4.19. The lowest BCUT2D eigenvalue weighted by Crippen LogP contribution is -2.40. The van der Waals surface area contributed by atoms with Crippen molar-refractivity contribution in [3.05, 3.63) is 65.2 Å². The van der Waals surface area contributed by atoms with Gasteiger partial charge in [0.15, 0.2) is 0 Å². The van der Waals surface area contributed by atoms with Crippen molar-refractivity contribution in [2.45, 2.75) is 24.5 Å². The largest absolute Gasteiger partial charge is 0.416 e. The molecule has 6 nitrogen and oxygen atoms in total. The molecule has 1 heterocycles. The van der Waals surface area contributed by atoms with Gasteiger partial charge in [-0.2, -0.15) is 18.4 Å². The summed E-state index contributed by atoms with van der Waals surface area (Å²) in [5, 5.41) is 11.1. The zero-order valence-electron chi connectivity index (χ0n) is 18.3. The first-order chi connectivity index (χ1) is 15.7. The molecule has 0 bridgehead atoms. The van der Waals surface area contributed by atoms with Gasteiger partial charge in [-0.1, -0.05) is 18.2 Å². The zero-order chi connectivity index (χ0) is 24.4. The summed E-state index contributed by atoms with van der Waals surface area (Å²) in [6.07, 6.45) is -3.81. The first-order valence-corrected chi connectivity index (χ1v) is 11.0. The van der Waals surface area contributed by atoms with Crippen molar-refractivity contribution >= 4 is 24.3 Å². The van der Waals surface area contributed by atoms with Gasteiger partial charge in [0, 0.05) is 43.7 Å². The lowest BCUT2D eigenvalue weighted by molar-refractivity contribution is -0.137. The Morgan fingerprint density at radius 3 is 2.48 bits per heavy atom. The number of nitrogens with one attached hydrogen (secondary N) is 1. The van der Waals surface area contributed by atoms with Gasteiger partial charge < -0.3 is 10.2 Å². The van der Waals surface area contributed by atoms with E-state index in [1.54, 1.807) is 23.9 Å². The van der Waals surface area contributed by atoms with Gasteiger partial charge in [-0.05, 0) is 54.8 Å². The molecule has 176 valence electrons. The van der Waals surface area contributed by atoms with E-state index < -0.39 is 11.7 Å². The minimum absolute atomic E-state index is 0.0449. The van der Waals surface area contributed by atoms with Crippen LogP contribution in [0.25, 0.3) is 0 Å². The fourth-order valence-corrected chi connectivity index (χ4v) is 3.89. The molecule has 0 saturated carbocycles. The second kappa shape index (κ2) is 12.3. The van der Waals surface area contributed by atoms with Crippen molar-refractivity contribution < 1.29 is 22.8 Å². The maximum absolute atomic E-state index is 12.1. The van der Waals surface area contributed by atoms with E-state index in [0.717, 1.165) is 30.1 Å². The predicted molar refractivity (Wildman–Crippen MR) is 120 cm³/mol. The molecular formula is C23H25F3N4O2S. The lowest BCUT2D eigenvalue weighted by atomic mass is 10.1. The monoisotopic (exact) mass is 478 g/mol. The zero-order valence-corrected chi connectivity index (χ0v) is 19.1. The molecule has 0 unspecified atom stereocenters. The Labute approximate surface area is 195 Å². The van der Waals surface area contributed by atoms with Crippen LogP contribution in [-0.2, 0) is 17.5 Å². The molecule has 3 rings (SSSR count). The van der Waals surface area contributed by atoms with E-state index in [4.69, 9.17) is 5.26 Å². The van der Waals surface area contributed by atoms with Crippen LogP contribution < -0.4 is 5.32 Å². The van der Waals surface area contributed by atoms with Gasteiger partial charge in [-0.15, -0.1) is 0 Å². The van der Waals surface area contributed by atoms with Crippen molar-refractivity contribution in [3.63, 3.8) is 0 Å².